The second-order valence-corrected chi connectivity index (χ2v) is 7.29. The van der Waals surface area contributed by atoms with Gasteiger partial charge in [-0.2, -0.15) is 0 Å². The summed E-state index contributed by atoms with van der Waals surface area (Å²) in [6.07, 6.45) is 1.62. The molecule has 27 heavy (non-hydrogen) atoms. The number of benzene rings is 1. The zero-order chi connectivity index (χ0) is 19.4. The number of nitrogens with one attached hydrogen (secondary N) is 2. The van der Waals surface area contributed by atoms with Crippen LogP contribution in [0.1, 0.15) is 26.2 Å². The van der Waals surface area contributed by atoms with E-state index in [1.807, 2.05) is 0 Å². The lowest BCUT2D eigenvalue weighted by Gasteiger charge is -2.31. The molecule has 2 unspecified atom stereocenters. The molecule has 1 aliphatic heterocycles. The average Bonchev–Trinajstić information content (AvgIpc) is 3.45. The van der Waals surface area contributed by atoms with Crippen LogP contribution < -0.4 is 10.6 Å². The van der Waals surface area contributed by atoms with Crippen LogP contribution in [0.2, 0.25) is 5.02 Å². The van der Waals surface area contributed by atoms with Crippen LogP contribution in [0.3, 0.4) is 0 Å². The quantitative estimate of drug-likeness (QED) is 0.805. The summed E-state index contributed by atoms with van der Waals surface area (Å²) in [5.41, 5.74) is 0.557. The van der Waals surface area contributed by atoms with E-state index < -0.39 is 0 Å². The Hall–Kier alpha value is -2.28. The maximum atomic E-state index is 12.4. The van der Waals surface area contributed by atoms with Crippen LogP contribution in [0.15, 0.2) is 24.3 Å². The topological polar surface area (TPSA) is 87.7 Å². The smallest absolute Gasteiger partial charge is 0.409 e. The molecule has 3 rings (SSSR count). The van der Waals surface area contributed by atoms with Crippen LogP contribution in [0.25, 0.3) is 0 Å². The summed E-state index contributed by atoms with van der Waals surface area (Å²) in [4.78, 5) is 38.1. The molecule has 7 nitrogen and oxygen atoms in total. The van der Waals surface area contributed by atoms with E-state index in [-0.39, 0.29) is 35.8 Å². The van der Waals surface area contributed by atoms with Crippen molar-refractivity contribution in [3.05, 3.63) is 29.3 Å². The molecule has 1 aromatic carbocycles. The minimum absolute atomic E-state index is 0.0241. The van der Waals surface area contributed by atoms with Crippen LogP contribution in [-0.4, -0.2) is 48.5 Å². The number of halogens is 1. The lowest BCUT2D eigenvalue weighted by molar-refractivity contribution is -0.126. The summed E-state index contributed by atoms with van der Waals surface area (Å²) in [5.74, 6) is -0.888. The van der Waals surface area contributed by atoms with Crippen LogP contribution in [0.5, 0.6) is 0 Å². The molecule has 3 amide bonds. The number of rotatable bonds is 5. The van der Waals surface area contributed by atoms with Crippen LogP contribution in [0, 0.1) is 11.8 Å². The maximum absolute atomic E-state index is 12.4. The molecule has 1 aliphatic carbocycles. The number of ether oxygens (including phenoxy) is 1. The standard InChI is InChI=1S/C19H24ClN3O4/c1-2-27-19(26)23-9-7-12(8-10-23)21-17(24)13-11-14(13)18(25)22-16-6-4-3-5-15(16)20/h3-6,12-14H,2,7-11H2,1H3,(H,21,24)(H,22,25). The third-order valence-corrected chi connectivity index (χ3v) is 5.29. The maximum Gasteiger partial charge on any atom is 0.409 e. The Balaban J connectivity index is 1.42. The number of amides is 3. The summed E-state index contributed by atoms with van der Waals surface area (Å²) >= 11 is 6.04. The fraction of sp³-hybridized carbons (Fsp3) is 0.526. The first kappa shape index (κ1) is 19.5. The average molecular weight is 394 g/mol. The Kier molecular flexibility index (Phi) is 6.21. The van der Waals surface area contributed by atoms with E-state index in [0.717, 1.165) is 0 Å². The Morgan fingerprint density at radius 3 is 2.48 bits per heavy atom. The fourth-order valence-corrected chi connectivity index (χ4v) is 3.47. The number of carbonyl (C=O) groups is 3. The van der Waals surface area contributed by atoms with E-state index in [1.165, 1.54) is 0 Å². The van der Waals surface area contributed by atoms with Gasteiger partial charge in [-0.25, -0.2) is 4.79 Å². The summed E-state index contributed by atoms with van der Waals surface area (Å²) in [6.45, 7) is 3.25. The highest BCUT2D eigenvalue weighted by molar-refractivity contribution is 6.33. The van der Waals surface area contributed by atoms with Gasteiger partial charge in [0, 0.05) is 19.1 Å². The Morgan fingerprint density at radius 2 is 1.81 bits per heavy atom. The highest BCUT2D eigenvalue weighted by Crippen LogP contribution is 2.40. The lowest BCUT2D eigenvalue weighted by Crippen LogP contribution is -2.47. The molecule has 2 fully saturated rings. The van der Waals surface area contributed by atoms with E-state index >= 15 is 0 Å². The minimum Gasteiger partial charge on any atom is -0.450 e. The van der Waals surface area contributed by atoms with E-state index in [0.29, 0.717) is 49.7 Å². The normalized spacial score (nSPS) is 22.1. The van der Waals surface area contributed by atoms with Crippen molar-refractivity contribution in [3.63, 3.8) is 0 Å². The van der Waals surface area contributed by atoms with Crippen molar-refractivity contribution < 1.29 is 19.1 Å². The molecular formula is C19H24ClN3O4. The first-order valence-corrected chi connectivity index (χ1v) is 9.64. The first-order chi connectivity index (χ1) is 13.0. The van der Waals surface area contributed by atoms with E-state index in [9.17, 15) is 14.4 Å². The van der Waals surface area contributed by atoms with E-state index in [1.54, 1.807) is 36.1 Å². The van der Waals surface area contributed by atoms with E-state index in [4.69, 9.17) is 16.3 Å². The number of likely N-dealkylation sites (tertiary alicyclic amines) is 1. The molecule has 0 aromatic heterocycles. The molecule has 0 bridgehead atoms. The molecule has 1 aromatic rings. The molecule has 0 spiro atoms. The van der Waals surface area contributed by atoms with Gasteiger partial charge in [0.1, 0.15) is 0 Å². The largest absolute Gasteiger partial charge is 0.450 e. The van der Waals surface area contributed by atoms with Crippen LogP contribution >= 0.6 is 11.6 Å². The summed E-state index contributed by atoms with van der Waals surface area (Å²) in [6, 6.07) is 7.04. The van der Waals surface area contributed by atoms with Gasteiger partial charge in [0.15, 0.2) is 0 Å². The highest BCUT2D eigenvalue weighted by Gasteiger charge is 2.48. The lowest BCUT2D eigenvalue weighted by atomic mass is 10.1. The van der Waals surface area contributed by atoms with Gasteiger partial charge in [0.2, 0.25) is 11.8 Å². The van der Waals surface area contributed by atoms with Crippen molar-refractivity contribution in [1.29, 1.82) is 0 Å². The molecule has 2 aliphatic rings. The molecule has 2 N–H and O–H groups in total. The van der Waals surface area contributed by atoms with Gasteiger partial charge < -0.3 is 20.3 Å². The van der Waals surface area contributed by atoms with Crippen molar-refractivity contribution in [2.24, 2.45) is 11.8 Å². The Bertz CT molecular complexity index is 719. The minimum atomic E-state index is -0.319. The summed E-state index contributed by atoms with van der Waals surface area (Å²) in [7, 11) is 0. The second-order valence-electron chi connectivity index (χ2n) is 6.89. The van der Waals surface area contributed by atoms with Gasteiger partial charge in [0.25, 0.3) is 0 Å². The molecule has 0 radical (unpaired) electrons. The SMILES string of the molecule is CCOC(=O)N1CCC(NC(=O)C2CC2C(=O)Nc2ccccc2Cl)CC1. The molecule has 1 saturated heterocycles. The van der Waals surface area contributed by atoms with Crippen molar-refractivity contribution in [2.75, 3.05) is 25.0 Å². The number of nitrogens with zero attached hydrogens (tertiary/aromatic N) is 1. The van der Waals surface area contributed by atoms with Crippen molar-refractivity contribution in [3.8, 4) is 0 Å². The predicted molar refractivity (Wildman–Crippen MR) is 101 cm³/mol. The third kappa shape index (κ3) is 4.91. The Labute approximate surface area is 163 Å². The monoisotopic (exact) mass is 393 g/mol. The molecule has 1 heterocycles. The number of hydrogen-bond donors (Lipinski definition) is 2. The third-order valence-electron chi connectivity index (χ3n) is 4.96. The molecule has 8 heteroatoms. The first-order valence-electron chi connectivity index (χ1n) is 9.27. The van der Waals surface area contributed by atoms with E-state index in [2.05, 4.69) is 10.6 Å². The number of carbonyl (C=O) groups excluding carboxylic acids is 3. The van der Waals surface area contributed by atoms with Gasteiger partial charge in [0.05, 0.1) is 29.2 Å². The fourth-order valence-electron chi connectivity index (χ4n) is 3.29. The molecule has 2 atom stereocenters. The van der Waals surface area contributed by atoms with Gasteiger partial charge in [-0.3, -0.25) is 9.59 Å². The van der Waals surface area contributed by atoms with Crippen LogP contribution in [-0.2, 0) is 14.3 Å². The van der Waals surface area contributed by atoms with Crippen molar-refractivity contribution in [1.82, 2.24) is 10.2 Å². The number of para-hydroxylation sites is 1. The molecule has 1 saturated carbocycles. The van der Waals surface area contributed by atoms with Crippen molar-refractivity contribution >= 4 is 35.2 Å². The van der Waals surface area contributed by atoms with Gasteiger partial charge >= 0.3 is 6.09 Å². The molecular weight excluding hydrogens is 370 g/mol. The van der Waals surface area contributed by atoms with Crippen molar-refractivity contribution in [2.45, 2.75) is 32.2 Å². The number of piperidine rings is 1. The zero-order valence-electron chi connectivity index (χ0n) is 15.2. The van der Waals surface area contributed by atoms with Gasteiger partial charge in [-0.1, -0.05) is 23.7 Å². The van der Waals surface area contributed by atoms with Gasteiger partial charge in [-0.15, -0.1) is 0 Å². The number of anilines is 1. The summed E-state index contributed by atoms with van der Waals surface area (Å²) < 4.78 is 4.99. The highest BCUT2D eigenvalue weighted by atomic mass is 35.5. The summed E-state index contributed by atoms with van der Waals surface area (Å²) in [5, 5.41) is 6.26. The Morgan fingerprint density at radius 1 is 1.15 bits per heavy atom. The molecule has 146 valence electrons. The number of hydrogen-bond acceptors (Lipinski definition) is 4. The second kappa shape index (κ2) is 8.61. The van der Waals surface area contributed by atoms with Gasteiger partial charge in [-0.05, 0) is 38.3 Å². The predicted octanol–water partition coefficient (Wildman–Crippen LogP) is 2.65. The van der Waals surface area contributed by atoms with Crippen LogP contribution in [0.4, 0.5) is 10.5 Å². The zero-order valence-corrected chi connectivity index (χ0v) is 16.0.